The Morgan fingerprint density at radius 2 is 1.88 bits per heavy atom. The van der Waals surface area contributed by atoms with E-state index in [0.29, 0.717) is 13.1 Å². The van der Waals surface area contributed by atoms with Crippen LogP contribution in [0.5, 0.6) is 0 Å². The zero-order chi connectivity index (χ0) is 18.7. The molecule has 2 amide bonds. The third-order valence-corrected chi connectivity index (χ3v) is 5.97. The Bertz CT molecular complexity index is 673. The standard InChI is InChI=1S/C21H31N3O2/c1-16(2)24-13-7-11-21(20(24)26)10-6-12-23(21)15-19(25)22-14-18-9-5-4-8-17(18)3/h4-5,8-9,16H,6-7,10-15H2,1-3H3,(H,22,25). The first-order valence-corrected chi connectivity index (χ1v) is 9.81. The number of carbonyl (C=O) groups is 2. The van der Waals surface area contributed by atoms with Gasteiger partial charge < -0.3 is 10.2 Å². The van der Waals surface area contributed by atoms with Crippen molar-refractivity contribution in [2.24, 2.45) is 0 Å². The van der Waals surface area contributed by atoms with Crippen molar-refractivity contribution in [1.82, 2.24) is 15.1 Å². The molecule has 2 aliphatic heterocycles. The van der Waals surface area contributed by atoms with Crippen LogP contribution in [-0.4, -0.2) is 52.8 Å². The minimum Gasteiger partial charge on any atom is -0.351 e. The summed E-state index contributed by atoms with van der Waals surface area (Å²) >= 11 is 0. The van der Waals surface area contributed by atoms with Gasteiger partial charge in [0.25, 0.3) is 0 Å². The number of carbonyl (C=O) groups excluding carboxylic acids is 2. The largest absolute Gasteiger partial charge is 0.351 e. The minimum atomic E-state index is -0.456. The Balaban J connectivity index is 1.64. The third-order valence-electron chi connectivity index (χ3n) is 5.97. The lowest BCUT2D eigenvalue weighted by molar-refractivity contribution is -0.150. The molecule has 0 aliphatic carbocycles. The van der Waals surface area contributed by atoms with Crippen LogP contribution in [0.3, 0.4) is 0 Å². The first-order chi connectivity index (χ1) is 12.4. The van der Waals surface area contributed by atoms with Gasteiger partial charge in [0.2, 0.25) is 11.8 Å². The Labute approximate surface area is 156 Å². The molecule has 1 unspecified atom stereocenters. The van der Waals surface area contributed by atoms with Gasteiger partial charge in [-0.1, -0.05) is 24.3 Å². The average Bonchev–Trinajstić information content (AvgIpc) is 2.99. The van der Waals surface area contributed by atoms with Gasteiger partial charge in [-0.05, 0) is 64.1 Å². The Kier molecular flexibility index (Phi) is 5.66. The van der Waals surface area contributed by atoms with E-state index >= 15 is 0 Å². The van der Waals surface area contributed by atoms with Crippen molar-refractivity contribution in [2.75, 3.05) is 19.6 Å². The van der Waals surface area contributed by atoms with Crippen LogP contribution in [0.1, 0.15) is 50.7 Å². The molecule has 0 aromatic heterocycles. The molecule has 2 aliphatic rings. The molecule has 1 aromatic rings. The number of rotatable bonds is 5. The van der Waals surface area contributed by atoms with Crippen LogP contribution in [0.25, 0.3) is 0 Å². The van der Waals surface area contributed by atoms with Gasteiger partial charge in [0.15, 0.2) is 0 Å². The molecule has 3 rings (SSSR count). The Morgan fingerprint density at radius 1 is 1.19 bits per heavy atom. The van der Waals surface area contributed by atoms with E-state index in [-0.39, 0.29) is 17.9 Å². The second kappa shape index (κ2) is 7.78. The molecule has 26 heavy (non-hydrogen) atoms. The zero-order valence-electron chi connectivity index (χ0n) is 16.3. The van der Waals surface area contributed by atoms with Gasteiger partial charge in [-0.2, -0.15) is 0 Å². The molecule has 1 aromatic carbocycles. The summed E-state index contributed by atoms with van der Waals surface area (Å²) in [5.74, 6) is 0.229. The third kappa shape index (κ3) is 3.63. The van der Waals surface area contributed by atoms with Crippen molar-refractivity contribution < 1.29 is 9.59 Å². The monoisotopic (exact) mass is 357 g/mol. The normalized spacial score (nSPS) is 23.8. The molecule has 0 radical (unpaired) electrons. The lowest BCUT2D eigenvalue weighted by atomic mass is 9.84. The van der Waals surface area contributed by atoms with Crippen LogP contribution in [0.2, 0.25) is 0 Å². The van der Waals surface area contributed by atoms with Crippen molar-refractivity contribution >= 4 is 11.8 Å². The maximum Gasteiger partial charge on any atom is 0.243 e. The van der Waals surface area contributed by atoms with E-state index in [4.69, 9.17) is 0 Å². The quantitative estimate of drug-likeness (QED) is 0.881. The smallest absolute Gasteiger partial charge is 0.243 e. The van der Waals surface area contributed by atoms with E-state index in [2.05, 4.69) is 37.1 Å². The number of benzene rings is 1. The van der Waals surface area contributed by atoms with Gasteiger partial charge in [0, 0.05) is 19.1 Å². The van der Waals surface area contributed by atoms with Crippen LogP contribution in [0.15, 0.2) is 24.3 Å². The Hall–Kier alpha value is -1.88. The van der Waals surface area contributed by atoms with Gasteiger partial charge in [-0.3, -0.25) is 14.5 Å². The van der Waals surface area contributed by atoms with Crippen LogP contribution < -0.4 is 5.32 Å². The first kappa shape index (κ1) is 18.9. The van der Waals surface area contributed by atoms with Gasteiger partial charge in [-0.25, -0.2) is 0 Å². The van der Waals surface area contributed by atoms with E-state index in [1.54, 1.807) is 0 Å². The van der Waals surface area contributed by atoms with E-state index < -0.39 is 5.54 Å². The molecule has 1 spiro atoms. The zero-order valence-corrected chi connectivity index (χ0v) is 16.3. The molecule has 5 nitrogen and oxygen atoms in total. The second-order valence-electron chi connectivity index (χ2n) is 7.96. The van der Waals surface area contributed by atoms with Crippen LogP contribution in [0.4, 0.5) is 0 Å². The van der Waals surface area contributed by atoms with Crippen molar-refractivity contribution in [2.45, 2.75) is 64.6 Å². The first-order valence-electron chi connectivity index (χ1n) is 9.81. The maximum atomic E-state index is 13.2. The molecule has 2 fully saturated rings. The van der Waals surface area contributed by atoms with Crippen LogP contribution >= 0.6 is 0 Å². The molecule has 142 valence electrons. The number of amides is 2. The fraction of sp³-hybridized carbons (Fsp3) is 0.619. The fourth-order valence-corrected chi connectivity index (χ4v) is 4.43. The maximum absolute atomic E-state index is 13.2. The summed E-state index contributed by atoms with van der Waals surface area (Å²) in [6, 6.07) is 8.31. The lowest BCUT2D eigenvalue weighted by Crippen LogP contribution is -2.62. The number of nitrogens with one attached hydrogen (secondary N) is 1. The number of likely N-dealkylation sites (tertiary alicyclic amines) is 2. The van der Waals surface area contributed by atoms with Crippen molar-refractivity contribution in [3.05, 3.63) is 35.4 Å². The summed E-state index contributed by atoms with van der Waals surface area (Å²) in [5, 5.41) is 3.03. The average molecular weight is 357 g/mol. The van der Waals surface area contributed by atoms with Crippen LogP contribution in [-0.2, 0) is 16.1 Å². The van der Waals surface area contributed by atoms with Crippen molar-refractivity contribution in [3.63, 3.8) is 0 Å². The molecule has 0 saturated carbocycles. The number of aryl methyl sites for hydroxylation is 1. The lowest BCUT2D eigenvalue weighted by Gasteiger charge is -2.45. The summed E-state index contributed by atoms with van der Waals surface area (Å²) in [4.78, 5) is 29.8. The molecule has 0 bridgehead atoms. The molecule has 2 saturated heterocycles. The molecule has 1 atom stereocenters. The highest BCUT2D eigenvalue weighted by Gasteiger charge is 2.51. The highest BCUT2D eigenvalue weighted by atomic mass is 16.2. The number of hydrogen-bond acceptors (Lipinski definition) is 3. The molecule has 2 heterocycles. The van der Waals surface area contributed by atoms with Gasteiger partial charge in [-0.15, -0.1) is 0 Å². The van der Waals surface area contributed by atoms with E-state index in [1.165, 1.54) is 5.56 Å². The Morgan fingerprint density at radius 3 is 2.58 bits per heavy atom. The highest BCUT2D eigenvalue weighted by molar-refractivity contribution is 5.89. The summed E-state index contributed by atoms with van der Waals surface area (Å²) < 4.78 is 0. The number of nitrogens with zero attached hydrogens (tertiary/aromatic N) is 2. The van der Waals surface area contributed by atoms with Gasteiger partial charge >= 0.3 is 0 Å². The van der Waals surface area contributed by atoms with E-state index in [9.17, 15) is 9.59 Å². The number of hydrogen-bond donors (Lipinski definition) is 1. The second-order valence-corrected chi connectivity index (χ2v) is 7.96. The molecule has 1 N–H and O–H groups in total. The summed E-state index contributed by atoms with van der Waals surface area (Å²) in [5.41, 5.74) is 1.86. The molecular formula is C21H31N3O2. The predicted molar refractivity (Wildman–Crippen MR) is 103 cm³/mol. The van der Waals surface area contributed by atoms with Gasteiger partial charge in [0.05, 0.1) is 6.54 Å². The minimum absolute atomic E-state index is 0.00370. The van der Waals surface area contributed by atoms with Crippen molar-refractivity contribution in [1.29, 1.82) is 0 Å². The molecule has 5 heteroatoms. The highest BCUT2D eigenvalue weighted by Crippen LogP contribution is 2.38. The SMILES string of the molecule is Cc1ccccc1CNC(=O)CN1CCCC12CCCN(C(C)C)C2=O. The van der Waals surface area contributed by atoms with E-state index in [0.717, 1.165) is 44.3 Å². The molecular weight excluding hydrogens is 326 g/mol. The topological polar surface area (TPSA) is 52.7 Å². The van der Waals surface area contributed by atoms with Gasteiger partial charge in [0.1, 0.15) is 5.54 Å². The summed E-state index contributed by atoms with van der Waals surface area (Å²) in [6.07, 6.45) is 3.76. The fourth-order valence-electron chi connectivity index (χ4n) is 4.43. The van der Waals surface area contributed by atoms with Crippen molar-refractivity contribution in [3.8, 4) is 0 Å². The summed E-state index contributed by atoms with van der Waals surface area (Å²) in [6.45, 7) is 8.72. The summed E-state index contributed by atoms with van der Waals surface area (Å²) in [7, 11) is 0. The van der Waals surface area contributed by atoms with Crippen LogP contribution in [0, 0.1) is 6.92 Å². The predicted octanol–water partition coefficient (Wildman–Crippen LogP) is 2.48. The number of piperidine rings is 1. The van der Waals surface area contributed by atoms with E-state index in [1.807, 2.05) is 23.1 Å².